The molecule has 0 bridgehead atoms. The Balaban J connectivity index is 2.15. The molecular weight excluding hydrogens is 268 g/mol. The number of hydrogen-bond donors (Lipinski definition) is 0. The lowest BCUT2D eigenvalue weighted by molar-refractivity contribution is 0.0983. The third-order valence-electron chi connectivity index (χ3n) is 2.47. The van der Waals surface area contributed by atoms with E-state index in [1.165, 1.54) is 17.8 Å². The van der Waals surface area contributed by atoms with E-state index < -0.39 is 11.6 Å². The predicted molar refractivity (Wildman–Crippen MR) is 69.3 cm³/mol. The third kappa shape index (κ3) is 3.38. The van der Waals surface area contributed by atoms with E-state index in [1.54, 1.807) is 25.3 Å². The predicted octanol–water partition coefficient (Wildman–Crippen LogP) is 4.10. The maximum absolute atomic E-state index is 13.0. The zero-order chi connectivity index (χ0) is 13.8. The molecule has 0 saturated carbocycles. The molecule has 0 spiro atoms. The molecule has 0 amide bonds. The largest absolute Gasteiger partial charge is 0.292 e. The lowest BCUT2D eigenvalue weighted by Gasteiger charge is -2.03. The van der Waals surface area contributed by atoms with Gasteiger partial charge in [-0.3, -0.25) is 9.78 Å². The summed E-state index contributed by atoms with van der Waals surface area (Å²) in [6, 6.07) is 7.08. The van der Waals surface area contributed by atoms with Crippen LogP contribution in [0.5, 0.6) is 0 Å². The van der Waals surface area contributed by atoms with Crippen LogP contribution in [0.1, 0.15) is 23.8 Å². The molecule has 0 atom stereocenters. The standard InChI is InChI=1S/C14H11F2NOS/c1-2-14(18)13-6-4-10(8-17-13)19-9-3-5-11(15)12(16)7-9/h3-8H,2H2,1H3. The van der Waals surface area contributed by atoms with E-state index in [0.29, 0.717) is 17.0 Å². The van der Waals surface area contributed by atoms with Crippen molar-refractivity contribution in [2.45, 2.75) is 23.1 Å². The van der Waals surface area contributed by atoms with E-state index in [4.69, 9.17) is 0 Å². The molecule has 0 aliphatic carbocycles. The van der Waals surface area contributed by atoms with Crippen LogP contribution >= 0.6 is 11.8 Å². The van der Waals surface area contributed by atoms with Crippen molar-refractivity contribution in [3.8, 4) is 0 Å². The van der Waals surface area contributed by atoms with Crippen LogP contribution in [0, 0.1) is 11.6 Å². The van der Waals surface area contributed by atoms with Crippen molar-refractivity contribution < 1.29 is 13.6 Å². The van der Waals surface area contributed by atoms with E-state index in [1.807, 2.05) is 0 Å². The summed E-state index contributed by atoms with van der Waals surface area (Å²) < 4.78 is 25.8. The molecule has 1 aromatic heterocycles. The molecule has 2 nitrogen and oxygen atoms in total. The number of ketones is 1. The van der Waals surface area contributed by atoms with Gasteiger partial charge in [-0.1, -0.05) is 18.7 Å². The molecule has 0 saturated heterocycles. The molecule has 0 radical (unpaired) electrons. The van der Waals surface area contributed by atoms with Crippen LogP contribution in [0.2, 0.25) is 0 Å². The number of benzene rings is 1. The number of rotatable bonds is 4. The maximum Gasteiger partial charge on any atom is 0.180 e. The van der Waals surface area contributed by atoms with E-state index in [2.05, 4.69) is 4.98 Å². The molecule has 0 fully saturated rings. The van der Waals surface area contributed by atoms with Crippen LogP contribution in [0.4, 0.5) is 8.78 Å². The summed E-state index contributed by atoms with van der Waals surface area (Å²) >= 11 is 1.26. The Hall–Kier alpha value is -1.75. The van der Waals surface area contributed by atoms with Crippen LogP contribution in [0.25, 0.3) is 0 Å². The van der Waals surface area contributed by atoms with E-state index in [9.17, 15) is 13.6 Å². The minimum absolute atomic E-state index is 0.0237. The minimum Gasteiger partial charge on any atom is -0.292 e. The first kappa shape index (κ1) is 13.7. The average Bonchev–Trinajstić information content (AvgIpc) is 2.43. The third-order valence-corrected chi connectivity index (χ3v) is 3.44. The minimum atomic E-state index is -0.879. The van der Waals surface area contributed by atoms with Crippen molar-refractivity contribution in [2.24, 2.45) is 0 Å². The topological polar surface area (TPSA) is 30.0 Å². The van der Waals surface area contributed by atoms with Crippen molar-refractivity contribution in [3.05, 3.63) is 53.9 Å². The van der Waals surface area contributed by atoms with Gasteiger partial charge in [-0.05, 0) is 30.3 Å². The summed E-state index contributed by atoms with van der Waals surface area (Å²) in [5.41, 5.74) is 0.414. The zero-order valence-corrected chi connectivity index (χ0v) is 11.0. The number of halogens is 2. The van der Waals surface area contributed by atoms with Crippen LogP contribution in [-0.2, 0) is 0 Å². The molecule has 2 rings (SSSR count). The van der Waals surface area contributed by atoms with Gasteiger partial charge in [0.2, 0.25) is 0 Å². The van der Waals surface area contributed by atoms with Gasteiger partial charge in [0, 0.05) is 22.4 Å². The molecule has 1 aromatic carbocycles. The monoisotopic (exact) mass is 279 g/mol. The second kappa shape index (κ2) is 5.93. The van der Waals surface area contributed by atoms with E-state index >= 15 is 0 Å². The van der Waals surface area contributed by atoms with Crippen molar-refractivity contribution >= 4 is 17.5 Å². The molecule has 1 heterocycles. The highest BCUT2D eigenvalue weighted by Gasteiger charge is 2.07. The molecule has 0 aliphatic heterocycles. The highest BCUT2D eigenvalue weighted by Crippen LogP contribution is 2.28. The van der Waals surface area contributed by atoms with Gasteiger partial charge in [-0.2, -0.15) is 0 Å². The number of hydrogen-bond acceptors (Lipinski definition) is 3. The first-order valence-electron chi connectivity index (χ1n) is 5.72. The van der Waals surface area contributed by atoms with Gasteiger partial charge in [-0.15, -0.1) is 0 Å². The first-order chi connectivity index (χ1) is 9.10. The molecule has 98 valence electrons. The number of carbonyl (C=O) groups is 1. The summed E-state index contributed by atoms with van der Waals surface area (Å²) in [4.78, 5) is 16.8. The van der Waals surface area contributed by atoms with Crippen LogP contribution in [0.15, 0.2) is 46.3 Å². The van der Waals surface area contributed by atoms with Crippen molar-refractivity contribution in [1.82, 2.24) is 4.98 Å². The van der Waals surface area contributed by atoms with E-state index in [-0.39, 0.29) is 5.78 Å². The molecule has 0 N–H and O–H groups in total. The van der Waals surface area contributed by atoms with Crippen molar-refractivity contribution in [1.29, 1.82) is 0 Å². The van der Waals surface area contributed by atoms with Gasteiger partial charge >= 0.3 is 0 Å². The molecular formula is C14H11F2NOS. The van der Waals surface area contributed by atoms with Crippen LogP contribution in [0.3, 0.4) is 0 Å². The summed E-state index contributed by atoms with van der Waals surface area (Å²) in [5, 5.41) is 0. The van der Waals surface area contributed by atoms with Gasteiger partial charge < -0.3 is 0 Å². The van der Waals surface area contributed by atoms with Crippen LogP contribution in [-0.4, -0.2) is 10.8 Å². The van der Waals surface area contributed by atoms with Crippen molar-refractivity contribution in [3.63, 3.8) is 0 Å². The van der Waals surface area contributed by atoms with Gasteiger partial charge in [0.1, 0.15) is 5.69 Å². The average molecular weight is 279 g/mol. The molecule has 0 unspecified atom stereocenters. The quantitative estimate of drug-likeness (QED) is 0.789. The Morgan fingerprint density at radius 1 is 1.16 bits per heavy atom. The molecule has 5 heteroatoms. The highest BCUT2D eigenvalue weighted by atomic mass is 32.2. The molecule has 0 aliphatic rings. The number of Topliss-reactive ketones (excluding diaryl/α,β-unsaturated/α-hetero) is 1. The number of pyridine rings is 1. The fraction of sp³-hybridized carbons (Fsp3) is 0.143. The number of nitrogens with zero attached hydrogens (tertiary/aromatic N) is 1. The highest BCUT2D eigenvalue weighted by molar-refractivity contribution is 7.99. The van der Waals surface area contributed by atoms with Gasteiger partial charge in [0.05, 0.1) is 0 Å². The summed E-state index contributed by atoms with van der Waals surface area (Å²) in [5.74, 6) is -1.77. The molecule has 19 heavy (non-hydrogen) atoms. The Morgan fingerprint density at radius 2 is 1.89 bits per heavy atom. The normalized spacial score (nSPS) is 10.5. The fourth-order valence-electron chi connectivity index (χ4n) is 1.46. The summed E-state index contributed by atoms with van der Waals surface area (Å²) in [6.07, 6.45) is 1.96. The van der Waals surface area contributed by atoms with Gasteiger partial charge in [0.15, 0.2) is 17.4 Å². The second-order valence-corrected chi connectivity index (χ2v) is 4.98. The number of aromatic nitrogens is 1. The van der Waals surface area contributed by atoms with Crippen molar-refractivity contribution in [2.75, 3.05) is 0 Å². The summed E-state index contributed by atoms with van der Waals surface area (Å²) in [6.45, 7) is 1.77. The summed E-state index contributed by atoms with van der Waals surface area (Å²) in [7, 11) is 0. The maximum atomic E-state index is 13.0. The van der Waals surface area contributed by atoms with Gasteiger partial charge in [0.25, 0.3) is 0 Å². The van der Waals surface area contributed by atoms with Crippen LogP contribution < -0.4 is 0 Å². The zero-order valence-electron chi connectivity index (χ0n) is 10.2. The molecule has 2 aromatic rings. The first-order valence-corrected chi connectivity index (χ1v) is 6.54. The Bertz CT molecular complexity index is 599. The number of carbonyl (C=O) groups excluding carboxylic acids is 1. The van der Waals surface area contributed by atoms with Gasteiger partial charge in [-0.25, -0.2) is 8.78 Å². The smallest absolute Gasteiger partial charge is 0.180 e. The Morgan fingerprint density at radius 3 is 2.47 bits per heavy atom. The second-order valence-electron chi connectivity index (χ2n) is 3.83. The Kier molecular flexibility index (Phi) is 4.27. The fourth-order valence-corrected chi connectivity index (χ4v) is 2.28. The van der Waals surface area contributed by atoms with E-state index in [0.717, 1.165) is 17.0 Å². The SMILES string of the molecule is CCC(=O)c1ccc(Sc2ccc(F)c(F)c2)cn1. The Labute approximate surface area is 113 Å². The lowest BCUT2D eigenvalue weighted by atomic mass is 10.2. The lowest BCUT2D eigenvalue weighted by Crippen LogP contribution is -1.99.